The fourth-order valence-electron chi connectivity index (χ4n) is 2.35. The predicted octanol–water partition coefficient (Wildman–Crippen LogP) is 2.62. The lowest BCUT2D eigenvalue weighted by atomic mass is 10.1. The van der Waals surface area contributed by atoms with Gasteiger partial charge in [0.15, 0.2) is 12.4 Å². The highest BCUT2D eigenvalue weighted by molar-refractivity contribution is 5.73. The Bertz CT molecular complexity index is 454. The van der Waals surface area contributed by atoms with E-state index in [2.05, 4.69) is 0 Å². The number of carboxylic acid groups (broad SMARTS) is 1. The number of para-hydroxylation sites is 1. The molecule has 1 aliphatic heterocycles. The molecular formula is C16H22O5. The molecule has 0 aromatic heterocycles. The fourth-order valence-corrected chi connectivity index (χ4v) is 2.35. The van der Waals surface area contributed by atoms with E-state index in [1.54, 1.807) is 6.92 Å². The number of carbonyl (C=O) groups is 1. The van der Waals surface area contributed by atoms with Crippen LogP contribution in [0.25, 0.3) is 0 Å². The molecule has 1 fully saturated rings. The minimum absolute atomic E-state index is 0.240. The molecule has 1 saturated heterocycles. The van der Waals surface area contributed by atoms with Crippen LogP contribution in [0.5, 0.6) is 5.75 Å². The Labute approximate surface area is 124 Å². The summed E-state index contributed by atoms with van der Waals surface area (Å²) in [5.41, 5.74) is 0.826. The van der Waals surface area contributed by atoms with Gasteiger partial charge in [-0.3, -0.25) is 0 Å². The van der Waals surface area contributed by atoms with E-state index in [0.717, 1.165) is 24.8 Å². The minimum atomic E-state index is -0.958. The summed E-state index contributed by atoms with van der Waals surface area (Å²) in [6.45, 7) is 2.86. The van der Waals surface area contributed by atoms with E-state index in [1.165, 1.54) is 0 Å². The van der Waals surface area contributed by atoms with Crippen molar-refractivity contribution in [2.75, 3.05) is 13.2 Å². The van der Waals surface area contributed by atoms with Gasteiger partial charge in [0.05, 0.1) is 6.61 Å². The van der Waals surface area contributed by atoms with Gasteiger partial charge in [-0.1, -0.05) is 18.2 Å². The van der Waals surface area contributed by atoms with E-state index in [4.69, 9.17) is 14.2 Å². The zero-order valence-electron chi connectivity index (χ0n) is 12.3. The molecule has 1 aromatic rings. The number of benzene rings is 1. The topological polar surface area (TPSA) is 65.0 Å². The summed E-state index contributed by atoms with van der Waals surface area (Å²) >= 11 is 0. The van der Waals surface area contributed by atoms with Crippen LogP contribution in [0.1, 0.15) is 31.7 Å². The molecule has 0 radical (unpaired) electrons. The van der Waals surface area contributed by atoms with Crippen molar-refractivity contribution >= 4 is 5.97 Å². The molecule has 1 N–H and O–H groups in total. The average Bonchev–Trinajstić information content (AvgIpc) is 2.49. The van der Waals surface area contributed by atoms with E-state index in [-0.39, 0.29) is 12.7 Å². The summed E-state index contributed by atoms with van der Waals surface area (Å²) in [5.74, 6) is -0.282. The number of carboxylic acids is 1. The molecule has 5 nitrogen and oxygen atoms in total. The second-order valence-corrected chi connectivity index (χ2v) is 5.01. The van der Waals surface area contributed by atoms with Gasteiger partial charge in [0, 0.05) is 19.4 Å². The van der Waals surface area contributed by atoms with Crippen LogP contribution in [-0.2, 0) is 20.7 Å². The van der Waals surface area contributed by atoms with Gasteiger partial charge in [-0.05, 0) is 31.4 Å². The van der Waals surface area contributed by atoms with Crippen molar-refractivity contribution in [3.05, 3.63) is 29.8 Å². The maximum atomic E-state index is 11.2. The molecule has 21 heavy (non-hydrogen) atoms. The van der Waals surface area contributed by atoms with Gasteiger partial charge in [0.2, 0.25) is 0 Å². The third-order valence-corrected chi connectivity index (χ3v) is 3.42. The van der Waals surface area contributed by atoms with Crippen LogP contribution in [0.4, 0.5) is 0 Å². The van der Waals surface area contributed by atoms with Gasteiger partial charge in [-0.2, -0.15) is 0 Å². The monoisotopic (exact) mass is 294 g/mol. The third kappa shape index (κ3) is 4.72. The Hall–Kier alpha value is -1.59. The highest BCUT2D eigenvalue weighted by atomic mass is 16.7. The molecule has 1 aliphatic rings. The number of aliphatic carboxylic acids is 1. The highest BCUT2D eigenvalue weighted by Gasteiger charge is 2.22. The molecule has 1 aromatic carbocycles. The Morgan fingerprint density at radius 2 is 2.24 bits per heavy atom. The summed E-state index contributed by atoms with van der Waals surface area (Å²) in [7, 11) is 0. The number of hydrogen-bond donors (Lipinski definition) is 1. The number of rotatable bonds is 7. The van der Waals surface area contributed by atoms with Crippen molar-refractivity contribution in [1.82, 2.24) is 0 Å². The van der Waals surface area contributed by atoms with Gasteiger partial charge < -0.3 is 19.3 Å². The van der Waals surface area contributed by atoms with Crippen LogP contribution in [0.15, 0.2) is 24.3 Å². The molecule has 5 heteroatoms. The van der Waals surface area contributed by atoms with Crippen molar-refractivity contribution in [3.8, 4) is 5.75 Å². The zero-order valence-corrected chi connectivity index (χ0v) is 12.3. The SMILES string of the molecule is CCO[C@H](Cc1ccccc1OC1CCCCO1)C(=O)O. The van der Waals surface area contributed by atoms with E-state index < -0.39 is 12.1 Å². The molecule has 1 unspecified atom stereocenters. The summed E-state index contributed by atoms with van der Waals surface area (Å²) in [6.07, 6.45) is 2.20. The number of ether oxygens (including phenoxy) is 3. The standard InChI is InChI=1S/C16H22O5/c1-2-19-14(16(17)18)11-12-7-3-4-8-13(12)21-15-9-5-6-10-20-15/h3-4,7-8,14-15H,2,5-6,9-11H2,1H3,(H,17,18)/t14-,15?/m1/s1. The molecule has 1 heterocycles. The molecular weight excluding hydrogens is 272 g/mol. The van der Waals surface area contributed by atoms with E-state index in [0.29, 0.717) is 19.0 Å². The van der Waals surface area contributed by atoms with E-state index in [1.807, 2.05) is 24.3 Å². The summed E-state index contributed by atoms with van der Waals surface area (Å²) in [6, 6.07) is 7.46. The smallest absolute Gasteiger partial charge is 0.333 e. The van der Waals surface area contributed by atoms with E-state index in [9.17, 15) is 9.90 Å². The van der Waals surface area contributed by atoms with Gasteiger partial charge in [-0.15, -0.1) is 0 Å². The maximum absolute atomic E-state index is 11.2. The third-order valence-electron chi connectivity index (χ3n) is 3.42. The van der Waals surface area contributed by atoms with Gasteiger partial charge in [-0.25, -0.2) is 4.79 Å². The Morgan fingerprint density at radius 1 is 1.43 bits per heavy atom. The lowest BCUT2D eigenvalue weighted by Crippen LogP contribution is -2.28. The largest absolute Gasteiger partial charge is 0.479 e. The summed E-state index contributed by atoms with van der Waals surface area (Å²) in [4.78, 5) is 11.2. The first-order valence-electron chi connectivity index (χ1n) is 7.41. The molecule has 2 rings (SSSR count). The van der Waals surface area contributed by atoms with Gasteiger partial charge in [0.25, 0.3) is 0 Å². The van der Waals surface area contributed by atoms with Crippen molar-refractivity contribution < 1.29 is 24.1 Å². The van der Waals surface area contributed by atoms with Crippen molar-refractivity contribution in [2.45, 2.75) is 45.0 Å². The predicted molar refractivity (Wildman–Crippen MR) is 77.4 cm³/mol. The van der Waals surface area contributed by atoms with Crippen LogP contribution >= 0.6 is 0 Å². The Morgan fingerprint density at radius 3 is 2.90 bits per heavy atom. The highest BCUT2D eigenvalue weighted by Crippen LogP contribution is 2.24. The quantitative estimate of drug-likeness (QED) is 0.837. The average molecular weight is 294 g/mol. The van der Waals surface area contributed by atoms with Crippen LogP contribution in [0, 0.1) is 0 Å². The second kappa shape index (κ2) is 8.00. The molecule has 0 amide bonds. The van der Waals surface area contributed by atoms with Crippen LogP contribution < -0.4 is 4.74 Å². The molecule has 0 saturated carbocycles. The minimum Gasteiger partial charge on any atom is -0.479 e. The summed E-state index contributed by atoms with van der Waals surface area (Å²) in [5, 5.41) is 9.19. The van der Waals surface area contributed by atoms with E-state index >= 15 is 0 Å². The molecule has 2 atom stereocenters. The second-order valence-electron chi connectivity index (χ2n) is 5.01. The maximum Gasteiger partial charge on any atom is 0.333 e. The molecule has 116 valence electrons. The van der Waals surface area contributed by atoms with Crippen LogP contribution in [-0.4, -0.2) is 36.7 Å². The summed E-state index contributed by atoms with van der Waals surface area (Å²) < 4.78 is 16.7. The van der Waals surface area contributed by atoms with Gasteiger partial charge >= 0.3 is 5.97 Å². The first kappa shape index (κ1) is 15.8. The first-order chi connectivity index (χ1) is 10.2. The first-order valence-corrected chi connectivity index (χ1v) is 7.41. The van der Waals surface area contributed by atoms with Crippen molar-refractivity contribution in [3.63, 3.8) is 0 Å². The van der Waals surface area contributed by atoms with Gasteiger partial charge in [0.1, 0.15) is 5.75 Å². The van der Waals surface area contributed by atoms with Crippen molar-refractivity contribution in [2.24, 2.45) is 0 Å². The number of hydrogen-bond acceptors (Lipinski definition) is 4. The van der Waals surface area contributed by atoms with Crippen LogP contribution in [0.2, 0.25) is 0 Å². The lowest BCUT2D eigenvalue weighted by molar-refractivity contribution is -0.150. The molecule has 0 spiro atoms. The van der Waals surface area contributed by atoms with Crippen LogP contribution in [0.3, 0.4) is 0 Å². The Balaban J connectivity index is 2.06. The Kier molecular flexibility index (Phi) is 6.02. The van der Waals surface area contributed by atoms with Crippen molar-refractivity contribution in [1.29, 1.82) is 0 Å². The lowest BCUT2D eigenvalue weighted by Gasteiger charge is -2.25. The fraction of sp³-hybridized carbons (Fsp3) is 0.562. The molecule has 0 bridgehead atoms. The zero-order chi connectivity index (χ0) is 15.1. The normalized spacial score (nSPS) is 20.0. The molecule has 0 aliphatic carbocycles.